The maximum Gasteiger partial charge on any atom is 0.343 e. The Bertz CT molecular complexity index is 1370. The number of Topliss-reactive ketones (excluding diaryl/α,β-unsaturated/α-hetero) is 1. The van der Waals surface area contributed by atoms with Gasteiger partial charge in [-0.15, -0.1) is 0 Å². The lowest BCUT2D eigenvalue weighted by Crippen LogP contribution is -2.42. The Morgan fingerprint density at radius 3 is 1.39 bits per heavy atom. The Labute approximate surface area is 227 Å². The van der Waals surface area contributed by atoms with Crippen molar-refractivity contribution in [3.05, 3.63) is 121 Å². The second-order valence-electron chi connectivity index (χ2n) is 9.75. The van der Waals surface area contributed by atoms with Gasteiger partial charge in [0.15, 0.2) is 5.78 Å². The van der Waals surface area contributed by atoms with Crippen LogP contribution in [0.2, 0.25) is 0 Å². The van der Waals surface area contributed by atoms with Crippen molar-refractivity contribution >= 4 is 50.6 Å². The Hall–Kier alpha value is -3.53. The van der Waals surface area contributed by atoms with E-state index in [1.165, 1.54) is 0 Å². The van der Waals surface area contributed by atoms with Crippen molar-refractivity contribution < 1.29 is 18.5 Å². The van der Waals surface area contributed by atoms with Gasteiger partial charge in [0.2, 0.25) is 0 Å². The van der Waals surface area contributed by atoms with Crippen LogP contribution in [0.15, 0.2) is 126 Å². The number of carbonyl (C=O) groups excluding carboxylic acids is 2. The highest BCUT2D eigenvalue weighted by Crippen LogP contribution is 2.47. The van der Waals surface area contributed by atoms with Crippen LogP contribution in [-0.4, -0.2) is 32.6 Å². The molecule has 4 rings (SSSR count). The molecule has 0 radical (unpaired) electrons. The average molecular weight is 543 g/mol. The van der Waals surface area contributed by atoms with Crippen LogP contribution < -0.4 is 15.9 Å². The zero-order chi connectivity index (χ0) is 27.2. The molecule has 38 heavy (non-hydrogen) atoms. The van der Waals surface area contributed by atoms with Gasteiger partial charge in [-0.05, 0) is 55.7 Å². The number of ether oxygens (including phenoxy) is 1. The summed E-state index contributed by atoms with van der Waals surface area (Å²) in [7, 11) is -1.64. The van der Waals surface area contributed by atoms with E-state index in [1.807, 2.05) is 97.1 Å². The highest BCUT2D eigenvalue weighted by molar-refractivity contribution is 7.98. The third-order valence-corrected chi connectivity index (χ3v) is 11.5. The van der Waals surface area contributed by atoms with E-state index in [0.717, 1.165) is 15.9 Å². The number of hydrogen-bond acceptors (Lipinski definition) is 4. The third-order valence-electron chi connectivity index (χ3n) is 5.89. The summed E-state index contributed by atoms with van der Waals surface area (Å²) in [6.07, 6.45) is 0. The van der Waals surface area contributed by atoms with Crippen LogP contribution in [0.1, 0.15) is 20.8 Å². The van der Waals surface area contributed by atoms with Gasteiger partial charge in [-0.25, -0.2) is 4.79 Å². The Kier molecular flexibility index (Phi) is 8.61. The summed E-state index contributed by atoms with van der Waals surface area (Å²) in [5, 5.41) is 2.58. The van der Waals surface area contributed by atoms with E-state index in [2.05, 4.69) is 0 Å². The minimum Gasteiger partial charge on any atom is -0.456 e. The monoisotopic (exact) mass is 542 g/mol. The van der Waals surface area contributed by atoms with Gasteiger partial charge in [-0.1, -0.05) is 109 Å². The van der Waals surface area contributed by atoms with Gasteiger partial charge in [0.25, 0.3) is 0 Å². The van der Waals surface area contributed by atoms with E-state index in [1.54, 1.807) is 45.0 Å². The molecule has 4 nitrogen and oxygen atoms in total. The number of hydrogen-bond donors (Lipinski definition) is 0. The van der Waals surface area contributed by atoms with Gasteiger partial charge in [0.05, 0.1) is 16.6 Å². The first kappa shape index (κ1) is 27.5. The molecule has 6 heteroatoms. The molecule has 194 valence electrons. The van der Waals surface area contributed by atoms with Crippen molar-refractivity contribution in [2.45, 2.75) is 31.3 Å². The predicted octanol–water partition coefficient (Wildman–Crippen LogP) is 4.87. The zero-order valence-corrected chi connectivity index (χ0v) is 23.5. The molecule has 0 heterocycles. The molecule has 4 aromatic rings. The molecule has 4 aromatic carbocycles. The van der Waals surface area contributed by atoms with E-state index >= 15 is 0 Å². The molecule has 0 saturated heterocycles. The SMILES string of the molecule is CC(C)(C)OC(=O)C(C(=O)CS(=O)c1ccccc1)=P(c1ccccc1)(c1ccccc1)c1ccccc1. The molecule has 0 bridgehead atoms. The molecule has 0 fully saturated rings. The summed E-state index contributed by atoms with van der Waals surface area (Å²) >= 11 is 0. The minimum atomic E-state index is -3.05. The van der Waals surface area contributed by atoms with E-state index < -0.39 is 35.0 Å². The summed E-state index contributed by atoms with van der Waals surface area (Å²) < 4.78 is 19.3. The summed E-state index contributed by atoms with van der Waals surface area (Å²) in [5.74, 6) is -1.49. The third kappa shape index (κ3) is 5.96. The van der Waals surface area contributed by atoms with Crippen LogP contribution in [-0.2, 0) is 25.1 Å². The van der Waals surface area contributed by atoms with Crippen molar-refractivity contribution in [3.63, 3.8) is 0 Å². The molecular formula is C32H31O4PS. The highest BCUT2D eigenvalue weighted by atomic mass is 32.2. The molecule has 0 N–H and O–H groups in total. The van der Waals surface area contributed by atoms with Gasteiger partial charge in [0.1, 0.15) is 10.9 Å². The summed E-state index contributed by atoms with van der Waals surface area (Å²) in [5.41, 5.74) is -0.832. The molecule has 0 spiro atoms. The van der Waals surface area contributed by atoms with Gasteiger partial charge in [-0.2, -0.15) is 0 Å². The van der Waals surface area contributed by atoms with E-state index in [9.17, 15) is 13.8 Å². The molecule has 0 aliphatic heterocycles. The summed E-state index contributed by atoms with van der Waals surface area (Å²) in [4.78, 5) is 29.0. The van der Waals surface area contributed by atoms with Crippen molar-refractivity contribution in [1.29, 1.82) is 0 Å². The molecule has 0 saturated carbocycles. The fourth-order valence-electron chi connectivity index (χ4n) is 4.40. The van der Waals surface area contributed by atoms with Crippen molar-refractivity contribution in [2.75, 3.05) is 5.75 Å². The molecule has 0 aliphatic rings. The van der Waals surface area contributed by atoms with Crippen LogP contribution in [0.4, 0.5) is 0 Å². The second-order valence-corrected chi connectivity index (χ2v) is 14.5. The van der Waals surface area contributed by atoms with Crippen LogP contribution in [0.25, 0.3) is 0 Å². The number of benzene rings is 4. The molecule has 1 atom stereocenters. The average Bonchev–Trinajstić information content (AvgIpc) is 2.92. The van der Waals surface area contributed by atoms with E-state index in [0.29, 0.717) is 4.90 Å². The van der Waals surface area contributed by atoms with E-state index in [-0.39, 0.29) is 11.0 Å². The normalized spacial score (nSPS) is 12.4. The number of carbonyl (C=O) groups is 2. The Balaban J connectivity index is 2.12. The topological polar surface area (TPSA) is 60.4 Å². The standard InChI is InChI=1S/C32H31O4PS/c1-32(2,3)36-31(34)30(29(33)24-38(35)28-22-14-7-15-23-28)37(25-16-8-4-9-17-25,26-18-10-5-11-19-26)27-20-12-6-13-21-27/h4-23H,24H2,1-3H3. The van der Waals surface area contributed by atoms with Gasteiger partial charge in [0, 0.05) is 4.90 Å². The smallest absolute Gasteiger partial charge is 0.343 e. The second kappa shape index (κ2) is 11.9. The quantitative estimate of drug-likeness (QED) is 0.181. The predicted molar refractivity (Wildman–Crippen MR) is 159 cm³/mol. The maximum absolute atomic E-state index is 14.3. The van der Waals surface area contributed by atoms with Gasteiger partial charge in [-0.3, -0.25) is 9.00 Å². The van der Waals surface area contributed by atoms with Crippen molar-refractivity contribution in [2.24, 2.45) is 0 Å². The first-order valence-electron chi connectivity index (χ1n) is 12.4. The van der Waals surface area contributed by atoms with E-state index in [4.69, 9.17) is 4.74 Å². The molecule has 0 aliphatic carbocycles. The Morgan fingerprint density at radius 1 is 0.658 bits per heavy atom. The lowest BCUT2D eigenvalue weighted by atomic mass is 10.2. The van der Waals surface area contributed by atoms with Crippen LogP contribution in [0.5, 0.6) is 0 Å². The van der Waals surface area contributed by atoms with Crippen molar-refractivity contribution in [1.82, 2.24) is 0 Å². The molecule has 0 aromatic heterocycles. The molecule has 0 amide bonds. The number of ketones is 1. The number of esters is 1. The van der Waals surface area contributed by atoms with Crippen molar-refractivity contribution in [3.8, 4) is 0 Å². The number of rotatable bonds is 8. The van der Waals surface area contributed by atoms with Gasteiger partial charge >= 0.3 is 5.97 Å². The first-order valence-corrected chi connectivity index (χ1v) is 15.5. The lowest BCUT2D eigenvalue weighted by Gasteiger charge is -2.32. The van der Waals surface area contributed by atoms with Crippen LogP contribution in [0.3, 0.4) is 0 Å². The fraction of sp³-hybridized carbons (Fsp3) is 0.156. The van der Waals surface area contributed by atoms with Crippen LogP contribution >= 0.6 is 6.89 Å². The van der Waals surface area contributed by atoms with Crippen LogP contribution in [0, 0.1) is 0 Å². The summed E-state index contributed by atoms with van der Waals surface area (Å²) in [6.45, 7) is 2.29. The zero-order valence-electron chi connectivity index (χ0n) is 21.7. The first-order chi connectivity index (χ1) is 18.2. The fourth-order valence-corrected chi connectivity index (χ4v) is 9.81. The molecular weight excluding hydrogens is 511 g/mol. The van der Waals surface area contributed by atoms with Gasteiger partial charge < -0.3 is 4.74 Å². The largest absolute Gasteiger partial charge is 0.456 e. The molecule has 1 unspecified atom stereocenters. The maximum atomic E-state index is 14.3. The Morgan fingerprint density at radius 2 is 1.03 bits per heavy atom. The lowest BCUT2D eigenvalue weighted by molar-refractivity contribution is -0.146. The minimum absolute atomic E-state index is 0.0420. The summed E-state index contributed by atoms with van der Waals surface area (Å²) in [6, 6.07) is 37.8. The highest BCUT2D eigenvalue weighted by Gasteiger charge is 2.39.